The molecule has 1 N–H and O–H groups in total. The fraction of sp³-hybridized carbons (Fsp3) is 0.130. The Morgan fingerprint density at radius 1 is 1.00 bits per heavy atom. The van der Waals surface area contributed by atoms with Crippen LogP contribution in [0.15, 0.2) is 83.3 Å². The van der Waals surface area contributed by atoms with Gasteiger partial charge in [0, 0.05) is 15.7 Å². The van der Waals surface area contributed by atoms with Crippen molar-refractivity contribution in [2.75, 3.05) is 11.9 Å². The summed E-state index contributed by atoms with van der Waals surface area (Å²) >= 11 is 3.53. The summed E-state index contributed by atoms with van der Waals surface area (Å²) in [4.78, 5) is 27.5. The van der Waals surface area contributed by atoms with Crippen LogP contribution < -0.4 is 5.32 Å². The van der Waals surface area contributed by atoms with Gasteiger partial charge in [0.1, 0.15) is 6.54 Å². The Kier molecular flexibility index (Phi) is 5.26. The van der Waals surface area contributed by atoms with E-state index in [-0.39, 0.29) is 30.8 Å². The van der Waals surface area contributed by atoms with Crippen molar-refractivity contribution in [3.8, 4) is 0 Å². The zero-order valence-corrected chi connectivity index (χ0v) is 16.7. The van der Waals surface area contributed by atoms with E-state index in [9.17, 15) is 9.59 Å². The summed E-state index contributed by atoms with van der Waals surface area (Å²) in [7, 11) is 0. The van der Waals surface area contributed by atoms with Crippen LogP contribution in [0.1, 0.15) is 22.7 Å². The lowest BCUT2D eigenvalue weighted by Crippen LogP contribution is -2.39. The first-order valence-electron chi connectivity index (χ1n) is 9.09. The molecule has 4 nitrogen and oxygen atoms in total. The molecule has 28 heavy (non-hydrogen) atoms. The number of hydrogen-bond acceptors (Lipinski definition) is 2. The number of hydrogen-bond donors (Lipinski definition) is 1. The average Bonchev–Trinajstić information content (AvgIpc) is 2.85. The first-order valence-corrected chi connectivity index (χ1v) is 9.89. The number of halogens is 1. The molecular formula is C23H19BrN2O2. The van der Waals surface area contributed by atoms with Gasteiger partial charge in [0.05, 0.1) is 12.5 Å². The van der Waals surface area contributed by atoms with E-state index in [1.807, 2.05) is 78.9 Å². The minimum Gasteiger partial charge on any atom is -0.324 e. The van der Waals surface area contributed by atoms with E-state index in [1.165, 1.54) is 0 Å². The number of nitrogens with zero attached hydrogens (tertiary/aromatic N) is 1. The largest absolute Gasteiger partial charge is 0.324 e. The lowest BCUT2D eigenvalue weighted by molar-refractivity contribution is -0.135. The predicted molar refractivity (Wildman–Crippen MR) is 113 cm³/mol. The second-order valence-corrected chi connectivity index (χ2v) is 7.69. The Labute approximate surface area is 172 Å². The Bertz CT molecular complexity index is 1010. The van der Waals surface area contributed by atoms with Gasteiger partial charge in [0.25, 0.3) is 0 Å². The van der Waals surface area contributed by atoms with Gasteiger partial charge in [-0.3, -0.25) is 9.59 Å². The normalized spacial score (nSPS) is 16.1. The smallest absolute Gasteiger partial charge is 0.244 e. The molecule has 1 unspecified atom stereocenters. The van der Waals surface area contributed by atoms with Crippen LogP contribution in [0.2, 0.25) is 0 Å². The molecule has 0 saturated carbocycles. The number of carbonyl (C=O) groups excluding carboxylic acids is 2. The van der Waals surface area contributed by atoms with E-state index in [2.05, 4.69) is 21.2 Å². The van der Waals surface area contributed by atoms with Gasteiger partial charge in [-0.2, -0.15) is 0 Å². The standard InChI is InChI=1S/C23H19BrN2O2/c24-18-11-12-20-19(14-18)23(17-9-5-2-6-10-17)26(15-21(27)25-20)22(28)13-16-7-3-1-4-8-16/h1-12,14,23H,13,15H2,(H,25,27). The second kappa shape index (κ2) is 7.98. The first kappa shape index (κ1) is 18.4. The second-order valence-electron chi connectivity index (χ2n) is 6.78. The number of fused-ring (bicyclic) bond motifs is 1. The number of anilines is 1. The van der Waals surface area contributed by atoms with Crippen LogP contribution >= 0.6 is 15.9 Å². The number of rotatable bonds is 3. The minimum absolute atomic E-state index is 0.0114. The SMILES string of the molecule is O=C1CN(C(=O)Cc2ccccc2)C(c2ccccc2)c2cc(Br)ccc2N1. The Hall–Kier alpha value is -2.92. The van der Waals surface area contributed by atoms with Crippen LogP contribution in [0.3, 0.4) is 0 Å². The Morgan fingerprint density at radius 3 is 2.39 bits per heavy atom. The van der Waals surface area contributed by atoms with Gasteiger partial charge in [0.15, 0.2) is 0 Å². The molecule has 0 saturated heterocycles. The lowest BCUT2D eigenvalue weighted by Gasteiger charge is -2.31. The van der Waals surface area contributed by atoms with Crippen molar-refractivity contribution >= 4 is 33.4 Å². The molecule has 0 radical (unpaired) electrons. The van der Waals surface area contributed by atoms with E-state index < -0.39 is 0 Å². The Balaban J connectivity index is 1.80. The third-order valence-electron chi connectivity index (χ3n) is 4.84. The van der Waals surface area contributed by atoms with E-state index in [4.69, 9.17) is 0 Å². The third kappa shape index (κ3) is 3.85. The third-order valence-corrected chi connectivity index (χ3v) is 5.33. The summed E-state index contributed by atoms with van der Waals surface area (Å²) in [6, 6.07) is 24.8. The highest BCUT2D eigenvalue weighted by molar-refractivity contribution is 9.10. The van der Waals surface area contributed by atoms with Crippen LogP contribution in [-0.4, -0.2) is 23.3 Å². The molecule has 0 fully saturated rings. The molecule has 2 amide bonds. The van der Waals surface area contributed by atoms with E-state index in [0.29, 0.717) is 0 Å². The van der Waals surface area contributed by atoms with Crippen LogP contribution in [0, 0.1) is 0 Å². The number of benzene rings is 3. The van der Waals surface area contributed by atoms with Gasteiger partial charge in [-0.1, -0.05) is 76.6 Å². The monoisotopic (exact) mass is 434 g/mol. The van der Waals surface area contributed by atoms with Crippen molar-refractivity contribution < 1.29 is 9.59 Å². The highest BCUT2D eigenvalue weighted by Crippen LogP contribution is 2.37. The molecule has 5 heteroatoms. The van der Waals surface area contributed by atoms with E-state index >= 15 is 0 Å². The maximum absolute atomic E-state index is 13.3. The first-order chi connectivity index (χ1) is 13.6. The molecule has 0 bridgehead atoms. The average molecular weight is 435 g/mol. The van der Waals surface area contributed by atoms with Crippen molar-refractivity contribution in [3.05, 3.63) is 100 Å². The molecule has 1 heterocycles. The van der Waals surface area contributed by atoms with Gasteiger partial charge in [-0.25, -0.2) is 0 Å². The van der Waals surface area contributed by atoms with Gasteiger partial charge < -0.3 is 10.2 Å². The summed E-state index contributed by atoms with van der Waals surface area (Å²) in [5, 5.41) is 2.94. The van der Waals surface area contributed by atoms with Crippen molar-refractivity contribution in [1.29, 1.82) is 0 Å². The summed E-state index contributed by atoms with van der Waals surface area (Å²) in [5.74, 6) is -0.272. The molecule has 1 atom stereocenters. The Morgan fingerprint density at radius 2 is 1.68 bits per heavy atom. The lowest BCUT2D eigenvalue weighted by atomic mass is 9.95. The molecular weight excluding hydrogens is 416 g/mol. The highest BCUT2D eigenvalue weighted by atomic mass is 79.9. The van der Waals surface area contributed by atoms with Gasteiger partial charge in [-0.05, 0) is 29.3 Å². The summed E-state index contributed by atoms with van der Waals surface area (Å²) in [6.07, 6.45) is 0.251. The van der Waals surface area contributed by atoms with E-state index in [0.717, 1.165) is 26.9 Å². The number of amides is 2. The van der Waals surface area contributed by atoms with Crippen LogP contribution in [0.5, 0.6) is 0 Å². The zero-order valence-electron chi connectivity index (χ0n) is 15.1. The highest BCUT2D eigenvalue weighted by Gasteiger charge is 2.33. The van der Waals surface area contributed by atoms with Gasteiger partial charge >= 0.3 is 0 Å². The summed E-state index contributed by atoms with van der Waals surface area (Å²) in [6.45, 7) is 0.0114. The van der Waals surface area contributed by atoms with Crippen LogP contribution in [0.4, 0.5) is 5.69 Å². The predicted octanol–water partition coefficient (Wildman–Crippen LogP) is 4.56. The van der Waals surface area contributed by atoms with Crippen molar-refractivity contribution in [2.24, 2.45) is 0 Å². The number of carbonyl (C=O) groups is 2. The molecule has 1 aliphatic rings. The van der Waals surface area contributed by atoms with Crippen molar-refractivity contribution in [2.45, 2.75) is 12.5 Å². The molecule has 0 aromatic heterocycles. The van der Waals surface area contributed by atoms with Crippen LogP contribution in [-0.2, 0) is 16.0 Å². The molecule has 4 rings (SSSR count). The minimum atomic E-state index is -0.344. The van der Waals surface area contributed by atoms with Gasteiger partial charge in [-0.15, -0.1) is 0 Å². The molecule has 3 aromatic rings. The van der Waals surface area contributed by atoms with Crippen molar-refractivity contribution in [3.63, 3.8) is 0 Å². The zero-order chi connectivity index (χ0) is 19.5. The molecule has 3 aromatic carbocycles. The topological polar surface area (TPSA) is 49.4 Å². The van der Waals surface area contributed by atoms with E-state index in [1.54, 1.807) is 4.90 Å². The molecule has 0 aliphatic carbocycles. The molecule has 140 valence electrons. The maximum atomic E-state index is 13.3. The van der Waals surface area contributed by atoms with Crippen molar-refractivity contribution in [1.82, 2.24) is 4.90 Å². The molecule has 0 spiro atoms. The number of nitrogens with one attached hydrogen (secondary N) is 1. The summed E-state index contributed by atoms with van der Waals surface area (Å²) in [5.41, 5.74) is 3.53. The quantitative estimate of drug-likeness (QED) is 0.656. The molecule has 1 aliphatic heterocycles. The summed E-state index contributed by atoms with van der Waals surface area (Å²) < 4.78 is 0.902. The maximum Gasteiger partial charge on any atom is 0.244 e. The van der Waals surface area contributed by atoms with Crippen LogP contribution in [0.25, 0.3) is 0 Å². The fourth-order valence-corrected chi connectivity index (χ4v) is 3.96. The van der Waals surface area contributed by atoms with Gasteiger partial charge in [0.2, 0.25) is 11.8 Å². The fourth-order valence-electron chi connectivity index (χ4n) is 3.58.